The zero-order chi connectivity index (χ0) is 16.6. The van der Waals surface area contributed by atoms with E-state index in [1.807, 2.05) is 6.92 Å². The number of nitrogens with zero attached hydrogens (tertiary/aromatic N) is 4. The van der Waals surface area contributed by atoms with Crippen molar-refractivity contribution in [3.05, 3.63) is 12.7 Å². The van der Waals surface area contributed by atoms with Gasteiger partial charge in [-0.2, -0.15) is 0 Å². The molecule has 23 heavy (non-hydrogen) atoms. The molecular formula is C13H19N5O5. The zero-order valence-electron chi connectivity index (χ0n) is 12.8. The summed E-state index contributed by atoms with van der Waals surface area (Å²) < 4.78 is 7.56. The van der Waals surface area contributed by atoms with E-state index in [1.165, 1.54) is 19.8 Å². The number of ether oxygens (including phenoxy) is 1. The van der Waals surface area contributed by atoms with Crippen LogP contribution in [0.3, 0.4) is 0 Å². The maximum Gasteiger partial charge on any atom is 0.179 e. The third-order valence-corrected chi connectivity index (χ3v) is 4.15. The molecule has 1 aliphatic rings. The van der Waals surface area contributed by atoms with Crippen LogP contribution in [-0.2, 0) is 20.2 Å². The smallest absolute Gasteiger partial charge is 0.179 e. The van der Waals surface area contributed by atoms with E-state index in [-0.39, 0.29) is 12.4 Å². The summed E-state index contributed by atoms with van der Waals surface area (Å²) >= 11 is 0. The number of aliphatic hydroxyl groups is 2. The minimum atomic E-state index is -1.15. The zero-order valence-corrected chi connectivity index (χ0v) is 12.8. The molecule has 0 spiro atoms. The Kier molecular flexibility index (Phi) is 4.17. The molecular weight excluding hydrogens is 306 g/mol. The normalized spacial score (nSPS) is 31.0. The van der Waals surface area contributed by atoms with Crippen molar-refractivity contribution < 1.29 is 24.7 Å². The topological polar surface area (TPSA) is 138 Å². The van der Waals surface area contributed by atoms with Gasteiger partial charge in [-0.25, -0.2) is 24.7 Å². The fourth-order valence-corrected chi connectivity index (χ4v) is 3.02. The third kappa shape index (κ3) is 2.26. The summed E-state index contributed by atoms with van der Waals surface area (Å²) in [5, 5.41) is 19.8. The maximum atomic E-state index is 10.4. The van der Waals surface area contributed by atoms with Gasteiger partial charge in [0, 0.05) is 0 Å². The Balaban J connectivity index is 2.16. The van der Waals surface area contributed by atoms with Crippen LogP contribution in [0.25, 0.3) is 11.2 Å². The van der Waals surface area contributed by atoms with E-state index in [0.717, 1.165) is 0 Å². The maximum absolute atomic E-state index is 10.4. The van der Waals surface area contributed by atoms with Gasteiger partial charge in [0.2, 0.25) is 0 Å². The number of imidazole rings is 1. The van der Waals surface area contributed by atoms with Gasteiger partial charge >= 0.3 is 0 Å². The Hall–Kier alpha value is -1.85. The Morgan fingerprint density at radius 3 is 2.87 bits per heavy atom. The molecule has 0 aliphatic carbocycles. The lowest BCUT2D eigenvalue weighted by atomic mass is 10.00. The second-order valence-corrected chi connectivity index (χ2v) is 5.26. The third-order valence-electron chi connectivity index (χ3n) is 4.15. The van der Waals surface area contributed by atoms with Gasteiger partial charge in [-0.05, 0) is 6.42 Å². The molecule has 1 fully saturated rings. The Bertz CT molecular complexity index is 694. The summed E-state index contributed by atoms with van der Waals surface area (Å²) in [5.74, 6) is 0.237. The summed E-state index contributed by atoms with van der Waals surface area (Å²) in [5.41, 5.74) is 5.52. The number of nitrogen functional groups attached to an aromatic ring is 1. The molecule has 4 atom stereocenters. The molecule has 10 nitrogen and oxygen atoms in total. The summed E-state index contributed by atoms with van der Waals surface area (Å²) in [6.45, 7) is 1.49. The van der Waals surface area contributed by atoms with Crippen LogP contribution in [0, 0.1) is 0 Å². The first-order valence-electron chi connectivity index (χ1n) is 7.19. The first kappa shape index (κ1) is 16.0. The number of hydrogen-bond acceptors (Lipinski definition) is 9. The van der Waals surface area contributed by atoms with Crippen LogP contribution in [0.15, 0.2) is 12.7 Å². The number of aliphatic hydroxyl groups excluding tert-OH is 2. The summed E-state index contributed by atoms with van der Waals surface area (Å²) in [6.07, 6.45) is 0.425. The highest BCUT2D eigenvalue weighted by molar-refractivity contribution is 5.81. The van der Waals surface area contributed by atoms with Crippen LogP contribution in [0.1, 0.15) is 13.3 Å². The van der Waals surface area contributed by atoms with Crippen molar-refractivity contribution in [3.63, 3.8) is 0 Å². The molecule has 0 bridgehead atoms. The summed E-state index contributed by atoms with van der Waals surface area (Å²) in [4.78, 5) is 22.3. The number of fused-ring (bicyclic) bond motifs is 1. The average molecular weight is 325 g/mol. The predicted octanol–water partition coefficient (Wildman–Crippen LogP) is -0.830. The van der Waals surface area contributed by atoms with Crippen molar-refractivity contribution in [1.29, 1.82) is 0 Å². The molecule has 3 heterocycles. The lowest BCUT2D eigenvalue weighted by molar-refractivity contribution is -0.345. The predicted molar refractivity (Wildman–Crippen MR) is 77.8 cm³/mol. The minimum absolute atomic E-state index is 0.237. The highest BCUT2D eigenvalue weighted by atomic mass is 17.2. The number of rotatable bonds is 5. The molecule has 0 aromatic carbocycles. The minimum Gasteiger partial charge on any atom is -0.394 e. The largest absolute Gasteiger partial charge is 0.394 e. The number of nitrogens with two attached hydrogens (primary N) is 1. The average Bonchev–Trinajstić information content (AvgIpc) is 3.10. The molecule has 2 aromatic rings. The molecule has 126 valence electrons. The van der Waals surface area contributed by atoms with Gasteiger partial charge < -0.3 is 20.7 Å². The van der Waals surface area contributed by atoms with Gasteiger partial charge in [0.25, 0.3) is 0 Å². The lowest BCUT2D eigenvalue weighted by Gasteiger charge is -2.34. The van der Waals surface area contributed by atoms with Gasteiger partial charge in [0.1, 0.15) is 24.1 Å². The van der Waals surface area contributed by atoms with Crippen LogP contribution in [-0.4, -0.2) is 61.8 Å². The molecule has 0 unspecified atom stereocenters. The number of anilines is 1. The van der Waals surface area contributed by atoms with Gasteiger partial charge in [-0.15, -0.1) is 0 Å². The Morgan fingerprint density at radius 2 is 2.22 bits per heavy atom. The molecule has 2 aromatic heterocycles. The first-order chi connectivity index (χ1) is 11.1. The molecule has 1 saturated heterocycles. The second-order valence-electron chi connectivity index (χ2n) is 5.26. The molecule has 4 N–H and O–H groups in total. The van der Waals surface area contributed by atoms with Crippen LogP contribution >= 0.6 is 0 Å². The summed E-state index contributed by atoms with van der Waals surface area (Å²) in [6, 6.07) is 0. The van der Waals surface area contributed by atoms with Gasteiger partial charge in [0.15, 0.2) is 23.3 Å². The fraction of sp³-hybridized carbons (Fsp3) is 0.615. The molecule has 0 saturated carbocycles. The van der Waals surface area contributed by atoms with Crippen LogP contribution in [0.5, 0.6) is 0 Å². The monoisotopic (exact) mass is 325 g/mol. The molecule has 0 amide bonds. The van der Waals surface area contributed by atoms with E-state index in [2.05, 4.69) is 15.0 Å². The standard InChI is InChI=1S/C13H19N5O5/c1-3-13(10(23-21-2)9(20)7(4-19)22-13)18-6-17-8-11(14)15-5-16-12(8)18/h5-7,9-10,19-20H,3-4H2,1-2H3,(H2,14,15,16)/t7-,9-,10-,13-/m1/s1. The highest BCUT2D eigenvalue weighted by Gasteiger charge is 2.57. The van der Waals surface area contributed by atoms with E-state index in [0.29, 0.717) is 17.6 Å². The highest BCUT2D eigenvalue weighted by Crippen LogP contribution is 2.41. The first-order valence-corrected chi connectivity index (χ1v) is 7.19. The van der Waals surface area contributed by atoms with E-state index >= 15 is 0 Å². The SMILES string of the molecule is CC[C@@]1(n2cnc3c(N)ncnc32)O[C@H](CO)[C@@H](O)[C@H]1OOC. The van der Waals surface area contributed by atoms with Crippen molar-refractivity contribution in [2.75, 3.05) is 19.5 Å². The van der Waals surface area contributed by atoms with Gasteiger partial charge in [0.05, 0.1) is 20.0 Å². The van der Waals surface area contributed by atoms with Crippen LogP contribution < -0.4 is 5.73 Å². The van der Waals surface area contributed by atoms with Crippen molar-refractivity contribution >= 4 is 17.0 Å². The summed E-state index contributed by atoms with van der Waals surface area (Å²) in [7, 11) is 1.34. The Labute approximate surface area is 131 Å². The van der Waals surface area contributed by atoms with E-state index in [4.69, 9.17) is 20.2 Å². The van der Waals surface area contributed by atoms with Gasteiger partial charge in [-0.3, -0.25) is 4.57 Å². The van der Waals surface area contributed by atoms with Crippen molar-refractivity contribution in [2.24, 2.45) is 0 Å². The number of hydrogen-bond donors (Lipinski definition) is 3. The fourth-order valence-electron chi connectivity index (χ4n) is 3.02. The molecule has 1 aliphatic heterocycles. The van der Waals surface area contributed by atoms with Crippen molar-refractivity contribution in [3.8, 4) is 0 Å². The van der Waals surface area contributed by atoms with Crippen molar-refractivity contribution in [2.45, 2.75) is 37.4 Å². The lowest BCUT2D eigenvalue weighted by Crippen LogP contribution is -2.46. The van der Waals surface area contributed by atoms with Crippen LogP contribution in [0.4, 0.5) is 5.82 Å². The van der Waals surface area contributed by atoms with Crippen LogP contribution in [0.2, 0.25) is 0 Å². The molecule has 10 heteroatoms. The quantitative estimate of drug-likeness (QED) is 0.475. The second kappa shape index (κ2) is 5.98. The molecule has 0 radical (unpaired) electrons. The van der Waals surface area contributed by atoms with E-state index in [1.54, 1.807) is 4.57 Å². The Morgan fingerprint density at radius 1 is 1.43 bits per heavy atom. The van der Waals surface area contributed by atoms with E-state index in [9.17, 15) is 10.2 Å². The van der Waals surface area contributed by atoms with Crippen molar-refractivity contribution in [1.82, 2.24) is 19.5 Å². The molecule has 3 rings (SSSR count). The van der Waals surface area contributed by atoms with E-state index < -0.39 is 24.0 Å². The number of aromatic nitrogens is 4. The van der Waals surface area contributed by atoms with Gasteiger partial charge in [-0.1, -0.05) is 6.92 Å².